The number of ether oxygens (including phenoxy) is 1. The van der Waals surface area contributed by atoms with Crippen LogP contribution in [0.2, 0.25) is 5.02 Å². The van der Waals surface area contributed by atoms with Gasteiger partial charge in [0.1, 0.15) is 6.42 Å². The molecule has 1 aliphatic heterocycles. The average molecular weight is 385 g/mol. The van der Waals surface area contributed by atoms with E-state index in [1.807, 2.05) is 6.07 Å². The molecule has 0 saturated carbocycles. The summed E-state index contributed by atoms with van der Waals surface area (Å²) >= 11 is 6.16. The lowest BCUT2D eigenvalue weighted by molar-refractivity contribution is -0.142. The molecule has 2 aromatic rings. The van der Waals surface area contributed by atoms with Crippen molar-refractivity contribution in [3.05, 3.63) is 66.2 Å². The Hall–Kier alpha value is -3.12. The van der Waals surface area contributed by atoms with E-state index in [4.69, 9.17) is 16.3 Å². The molecule has 1 heterocycles. The standard InChI is InChI=1S/C20H17ClN2O4/c1-3-15(20(26)27-2)23-16-10-9-13(21)11-17(16)22(18(24)12-19(23)25)14-7-5-4-6-8-14/h3-11,15H,1,12H2,2H3. The van der Waals surface area contributed by atoms with E-state index in [0.29, 0.717) is 22.1 Å². The minimum atomic E-state index is -1.06. The quantitative estimate of drug-likeness (QED) is 0.460. The van der Waals surface area contributed by atoms with Crippen molar-refractivity contribution in [1.82, 2.24) is 0 Å². The zero-order chi connectivity index (χ0) is 19.6. The molecular weight excluding hydrogens is 368 g/mol. The maximum atomic E-state index is 12.9. The first-order valence-corrected chi connectivity index (χ1v) is 8.55. The predicted molar refractivity (Wildman–Crippen MR) is 103 cm³/mol. The normalized spacial score (nSPS) is 15.0. The van der Waals surface area contributed by atoms with Crippen LogP contribution in [0.3, 0.4) is 0 Å². The molecule has 0 N–H and O–H groups in total. The second kappa shape index (κ2) is 7.63. The summed E-state index contributed by atoms with van der Waals surface area (Å²) in [5.74, 6) is -1.61. The maximum Gasteiger partial charge on any atom is 0.333 e. The van der Waals surface area contributed by atoms with Gasteiger partial charge in [-0.1, -0.05) is 35.9 Å². The summed E-state index contributed by atoms with van der Waals surface area (Å²) in [6.45, 7) is 3.64. The first kappa shape index (κ1) is 18.7. The molecule has 138 valence electrons. The van der Waals surface area contributed by atoms with Gasteiger partial charge in [-0.15, -0.1) is 6.58 Å². The molecule has 0 saturated heterocycles. The fraction of sp³-hybridized carbons (Fsp3) is 0.150. The number of carbonyl (C=O) groups excluding carboxylic acids is 3. The predicted octanol–water partition coefficient (Wildman–Crippen LogP) is 3.47. The zero-order valence-corrected chi connectivity index (χ0v) is 15.3. The van der Waals surface area contributed by atoms with Gasteiger partial charge >= 0.3 is 5.97 Å². The number of para-hydroxylation sites is 1. The highest BCUT2D eigenvalue weighted by atomic mass is 35.5. The van der Waals surface area contributed by atoms with Gasteiger partial charge in [-0.25, -0.2) is 4.79 Å². The molecule has 2 aromatic carbocycles. The summed E-state index contributed by atoms with van der Waals surface area (Å²) in [4.78, 5) is 40.6. The third-order valence-corrected chi connectivity index (χ3v) is 4.45. The third-order valence-electron chi connectivity index (χ3n) is 4.22. The Morgan fingerprint density at radius 1 is 1.15 bits per heavy atom. The van der Waals surface area contributed by atoms with Gasteiger partial charge in [-0.05, 0) is 30.3 Å². The van der Waals surface area contributed by atoms with Gasteiger partial charge in [0.2, 0.25) is 11.8 Å². The summed E-state index contributed by atoms with van der Waals surface area (Å²) < 4.78 is 4.79. The Morgan fingerprint density at radius 2 is 1.85 bits per heavy atom. The minimum Gasteiger partial charge on any atom is -0.467 e. The Bertz CT molecular complexity index is 913. The summed E-state index contributed by atoms with van der Waals surface area (Å²) in [5.41, 5.74) is 1.36. The van der Waals surface area contributed by atoms with Gasteiger partial charge in [-0.3, -0.25) is 19.4 Å². The van der Waals surface area contributed by atoms with Crippen molar-refractivity contribution in [3.63, 3.8) is 0 Å². The second-order valence-electron chi connectivity index (χ2n) is 5.84. The van der Waals surface area contributed by atoms with Crippen molar-refractivity contribution in [1.29, 1.82) is 0 Å². The number of esters is 1. The third kappa shape index (κ3) is 3.44. The van der Waals surface area contributed by atoms with Crippen LogP contribution in [0.15, 0.2) is 61.2 Å². The van der Waals surface area contributed by atoms with Crippen LogP contribution in [0.1, 0.15) is 6.42 Å². The molecule has 2 amide bonds. The van der Waals surface area contributed by atoms with E-state index in [1.54, 1.807) is 42.5 Å². The van der Waals surface area contributed by atoms with Gasteiger partial charge in [0.15, 0.2) is 6.04 Å². The first-order chi connectivity index (χ1) is 13.0. The topological polar surface area (TPSA) is 66.9 Å². The van der Waals surface area contributed by atoms with Crippen LogP contribution >= 0.6 is 11.6 Å². The molecule has 7 heteroatoms. The summed E-state index contributed by atoms with van der Waals surface area (Å²) in [6.07, 6.45) is 0.896. The smallest absolute Gasteiger partial charge is 0.333 e. The van der Waals surface area contributed by atoms with Crippen molar-refractivity contribution >= 4 is 46.4 Å². The number of methoxy groups -OCH3 is 1. The second-order valence-corrected chi connectivity index (χ2v) is 6.28. The van der Waals surface area contributed by atoms with Crippen molar-refractivity contribution in [2.75, 3.05) is 16.9 Å². The number of nitrogens with zero attached hydrogens (tertiary/aromatic N) is 2. The molecule has 1 atom stereocenters. The molecule has 0 radical (unpaired) electrons. The number of halogens is 1. The van der Waals surface area contributed by atoms with Crippen molar-refractivity contribution < 1.29 is 19.1 Å². The number of anilines is 3. The minimum absolute atomic E-state index is 0.370. The van der Waals surface area contributed by atoms with Gasteiger partial charge in [0.25, 0.3) is 0 Å². The highest BCUT2D eigenvalue weighted by molar-refractivity contribution is 6.31. The number of hydrogen-bond acceptors (Lipinski definition) is 4. The molecular formula is C20H17ClN2O4. The lowest BCUT2D eigenvalue weighted by Gasteiger charge is -2.29. The Morgan fingerprint density at radius 3 is 2.48 bits per heavy atom. The van der Waals surface area contributed by atoms with Crippen LogP contribution in [0.25, 0.3) is 0 Å². The molecule has 1 aliphatic rings. The Kier molecular flexibility index (Phi) is 5.28. The van der Waals surface area contributed by atoms with Crippen LogP contribution in [0, 0.1) is 0 Å². The summed E-state index contributed by atoms with van der Waals surface area (Å²) in [5, 5.41) is 0.394. The van der Waals surface area contributed by atoms with E-state index >= 15 is 0 Å². The van der Waals surface area contributed by atoms with E-state index in [0.717, 1.165) is 0 Å². The summed E-state index contributed by atoms with van der Waals surface area (Å²) in [6, 6.07) is 12.6. The van der Waals surface area contributed by atoms with Crippen LogP contribution < -0.4 is 9.80 Å². The van der Waals surface area contributed by atoms with E-state index < -0.39 is 30.2 Å². The first-order valence-electron chi connectivity index (χ1n) is 8.18. The lowest BCUT2D eigenvalue weighted by Crippen LogP contribution is -2.44. The Labute approximate surface area is 161 Å². The largest absolute Gasteiger partial charge is 0.467 e. The summed E-state index contributed by atoms with van der Waals surface area (Å²) in [7, 11) is 1.23. The molecule has 3 rings (SSSR count). The molecule has 0 bridgehead atoms. The molecule has 0 aliphatic carbocycles. The van der Waals surface area contributed by atoms with Gasteiger partial charge in [0.05, 0.1) is 18.5 Å². The highest BCUT2D eigenvalue weighted by Gasteiger charge is 2.38. The van der Waals surface area contributed by atoms with Crippen molar-refractivity contribution in [2.45, 2.75) is 12.5 Å². The van der Waals surface area contributed by atoms with E-state index in [9.17, 15) is 14.4 Å². The zero-order valence-electron chi connectivity index (χ0n) is 14.6. The van der Waals surface area contributed by atoms with E-state index in [-0.39, 0.29) is 0 Å². The average Bonchev–Trinajstić information content (AvgIpc) is 2.76. The molecule has 0 spiro atoms. The van der Waals surface area contributed by atoms with Crippen LogP contribution in [-0.4, -0.2) is 30.9 Å². The fourth-order valence-electron chi connectivity index (χ4n) is 3.03. The lowest BCUT2D eigenvalue weighted by atomic mass is 10.1. The Balaban J connectivity index is 2.24. The van der Waals surface area contributed by atoms with Crippen LogP contribution in [0.5, 0.6) is 0 Å². The van der Waals surface area contributed by atoms with Gasteiger partial charge in [0, 0.05) is 10.7 Å². The maximum absolute atomic E-state index is 12.9. The molecule has 0 aromatic heterocycles. The number of rotatable bonds is 4. The number of fused-ring (bicyclic) bond motifs is 1. The molecule has 27 heavy (non-hydrogen) atoms. The molecule has 1 unspecified atom stereocenters. The number of hydrogen-bond donors (Lipinski definition) is 0. The fourth-order valence-corrected chi connectivity index (χ4v) is 3.20. The highest BCUT2D eigenvalue weighted by Crippen LogP contribution is 2.40. The molecule has 6 nitrogen and oxygen atoms in total. The number of amides is 2. The number of benzene rings is 2. The van der Waals surface area contributed by atoms with Crippen LogP contribution in [0.4, 0.5) is 17.1 Å². The van der Waals surface area contributed by atoms with Crippen LogP contribution in [-0.2, 0) is 19.1 Å². The molecule has 0 fully saturated rings. The van der Waals surface area contributed by atoms with E-state index in [1.165, 1.54) is 23.0 Å². The van der Waals surface area contributed by atoms with Crippen molar-refractivity contribution in [3.8, 4) is 0 Å². The van der Waals surface area contributed by atoms with Gasteiger partial charge < -0.3 is 4.74 Å². The van der Waals surface area contributed by atoms with Gasteiger partial charge in [-0.2, -0.15) is 0 Å². The number of carbonyl (C=O) groups is 3. The SMILES string of the molecule is C=CC(C(=O)OC)N1C(=O)CC(=O)N(c2ccccc2)c2cc(Cl)ccc21. The van der Waals surface area contributed by atoms with Crippen molar-refractivity contribution in [2.24, 2.45) is 0 Å². The monoisotopic (exact) mass is 384 g/mol. The van der Waals surface area contributed by atoms with E-state index in [2.05, 4.69) is 6.58 Å².